The van der Waals surface area contributed by atoms with Crippen molar-refractivity contribution in [3.8, 4) is 0 Å². The van der Waals surface area contributed by atoms with Crippen LogP contribution in [-0.4, -0.2) is 11.8 Å². The Morgan fingerprint density at radius 1 is 0.862 bits per heavy atom. The number of nitrogens with one attached hydrogen (secondary N) is 2. The molecule has 0 bridgehead atoms. The van der Waals surface area contributed by atoms with Crippen molar-refractivity contribution in [1.82, 2.24) is 0 Å². The van der Waals surface area contributed by atoms with Gasteiger partial charge in [0, 0.05) is 16.4 Å². The molecule has 1 saturated carbocycles. The van der Waals surface area contributed by atoms with E-state index >= 15 is 0 Å². The molecule has 4 nitrogen and oxygen atoms in total. The Labute approximate surface area is 178 Å². The number of benzene rings is 2. The molecular weight excluding hydrogens is 404 g/mol. The molecule has 1 aliphatic rings. The molecule has 148 valence electrons. The first-order chi connectivity index (χ1) is 14.1. The molecule has 1 heterocycles. The fourth-order valence-electron chi connectivity index (χ4n) is 3.88. The van der Waals surface area contributed by atoms with Gasteiger partial charge >= 0.3 is 0 Å². The molecule has 2 N–H and O–H groups in total. The molecule has 2 aromatic carbocycles. The van der Waals surface area contributed by atoms with E-state index in [9.17, 15) is 9.59 Å². The van der Waals surface area contributed by atoms with Crippen molar-refractivity contribution in [1.29, 1.82) is 0 Å². The van der Waals surface area contributed by atoms with Crippen LogP contribution >= 0.6 is 22.9 Å². The highest BCUT2D eigenvalue weighted by Gasteiger charge is 2.42. The zero-order valence-corrected chi connectivity index (χ0v) is 17.4. The second kappa shape index (κ2) is 8.39. The smallest absolute Gasteiger partial charge is 0.265 e. The maximum atomic E-state index is 13.2. The summed E-state index contributed by atoms with van der Waals surface area (Å²) in [5.41, 5.74) is 1.90. The van der Waals surface area contributed by atoms with Crippen molar-refractivity contribution in [3.05, 3.63) is 81.5 Å². The summed E-state index contributed by atoms with van der Waals surface area (Å²) in [5, 5.41) is 8.47. The monoisotopic (exact) mass is 424 g/mol. The molecule has 0 radical (unpaired) electrons. The van der Waals surface area contributed by atoms with Gasteiger partial charge in [0.05, 0.1) is 10.3 Å². The zero-order valence-electron chi connectivity index (χ0n) is 15.8. The van der Waals surface area contributed by atoms with Crippen LogP contribution in [0.2, 0.25) is 5.02 Å². The van der Waals surface area contributed by atoms with Gasteiger partial charge in [0.2, 0.25) is 5.91 Å². The third-order valence-corrected chi connectivity index (χ3v) is 6.55. The molecule has 0 saturated heterocycles. The molecule has 0 unspecified atom stereocenters. The lowest BCUT2D eigenvalue weighted by atomic mass is 9.78. The van der Waals surface area contributed by atoms with E-state index in [0.29, 0.717) is 21.3 Å². The van der Waals surface area contributed by atoms with Gasteiger partial charge in [-0.15, -0.1) is 11.3 Å². The van der Waals surface area contributed by atoms with Crippen LogP contribution in [-0.2, 0) is 10.2 Å². The van der Waals surface area contributed by atoms with E-state index in [1.807, 2.05) is 47.8 Å². The van der Waals surface area contributed by atoms with Gasteiger partial charge in [-0.25, -0.2) is 0 Å². The lowest BCUT2D eigenvalue weighted by Crippen LogP contribution is -2.37. The minimum absolute atomic E-state index is 0.00712. The molecule has 6 heteroatoms. The Bertz CT molecular complexity index is 992. The predicted molar refractivity (Wildman–Crippen MR) is 119 cm³/mol. The first kappa shape index (κ1) is 19.7. The van der Waals surface area contributed by atoms with Crippen molar-refractivity contribution in [2.45, 2.75) is 31.1 Å². The summed E-state index contributed by atoms with van der Waals surface area (Å²) in [6.07, 6.45) is 3.72. The summed E-state index contributed by atoms with van der Waals surface area (Å²) in [7, 11) is 0. The molecule has 29 heavy (non-hydrogen) atoms. The Morgan fingerprint density at radius 3 is 2.07 bits per heavy atom. The molecule has 4 rings (SSSR count). The molecule has 0 spiro atoms. The number of amides is 2. The predicted octanol–water partition coefficient (Wildman–Crippen LogP) is 6.10. The summed E-state index contributed by atoms with van der Waals surface area (Å²) in [4.78, 5) is 26.0. The van der Waals surface area contributed by atoms with E-state index in [4.69, 9.17) is 11.6 Å². The van der Waals surface area contributed by atoms with Crippen LogP contribution in [0, 0.1) is 0 Å². The molecule has 2 amide bonds. The van der Waals surface area contributed by atoms with Crippen molar-refractivity contribution in [2.24, 2.45) is 0 Å². The van der Waals surface area contributed by atoms with Gasteiger partial charge in [0.1, 0.15) is 0 Å². The average molecular weight is 425 g/mol. The molecule has 0 atom stereocenters. The Morgan fingerprint density at radius 2 is 1.48 bits per heavy atom. The minimum Gasteiger partial charge on any atom is -0.325 e. The van der Waals surface area contributed by atoms with Crippen LogP contribution in [0.4, 0.5) is 11.4 Å². The topological polar surface area (TPSA) is 58.2 Å². The van der Waals surface area contributed by atoms with Gasteiger partial charge in [-0.3, -0.25) is 9.59 Å². The first-order valence-corrected chi connectivity index (χ1v) is 10.8. The highest BCUT2D eigenvalue weighted by atomic mass is 35.5. The maximum Gasteiger partial charge on any atom is 0.265 e. The van der Waals surface area contributed by atoms with Gasteiger partial charge < -0.3 is 10.6 Å². The number of hydrogen-bond donors (Lipinski definition) is 2. The molecule has 1 aromatic heterocycles. The van der Waals surface area contributed by atoms with Crippen LogP contribution in [0.3, 0.4) is 0 Å². The van der Waals surface area contributed by atoms with Gasteiger partial charge in [-0.1, -0.05) is 42.6 Å². The standard InChI is InChI=1S/C23H21ClN2O2S/c24-17-7-5-16(6-8-17)23(13-1-2-14-23)22(28)26-19-11-9-18(10-12-19)25-21(27)20-4-3-15-29-20/h3-12,15H,1-2,13-14H2,(H,25,27)(H,26,28). The summed E-state index contributed by atoms with van der Waals surface area (Å²) in [6, 6.07) is 18.4. The van der Waals surface area contributed by atoms with Crippen LogP contribution in [0.1, 0.15) is 40.9 Å². The van der Waals surface area contributed by atoms with Gasteiger partial charge in [-0.05, 0) is 66.2 Å². The number of rotatable bonds is 5. The van der Waals surface area contributed by atoms with Gasteiger partial charge in [-0.2, -0.15) is 0 Å². The van der Waals surface area contributed by atoms with Crippen molar-refractivity contribution in [3.63, 3.8) is 0 Å². The molecule has 0 aliphatic heterocycles. The lowest BCUT2D eigenvalue weighted by Gasteiger charge is -2.28. The number of thiophene rings is 1. The van der Waals surface area contributed by atoms with Crippen molar-refractivity contribution < 1.29 is 9.59 Å². The summed E-state index contributed by atoms with van der Waals surface area (Å²) < 4.78 is 0. The van der Waals surface area contributed by atoms with E-state index in [-0.39, 0.29) is 11.8 Å². The Kier molecular flexibility index (Phi) is 5.69. The van der Waals surface area contributed by atoms with Crippen LogP contribution in [0.5, 0.6) is 0 Å². The number of hydrogen-bond acceptors (Lipinski definition) is 3. The SMILES string of the molecule is O=C(Nc1ccc(NC(=O)C2(c3ccc(Cl)cc3)CCCC2)cc1)c1cccs1. The summed E-state index contributed by atoms with van der Waals surface area (Å²) in [6.45, 7) is 0. The van der Waals surface area contributed by atoms with E-state index in [0.717, 1.165) is 31.2 Å². The lowest BCUT2D eigenvalue weighted by molar-refractivity contribution is -0.121. The number of anilines is 2. The maximum absolute atomic E-state index is 13.2. The molecule has 1 aliphatic carbocycles. The third kappa shape index (κ3) is 4.21. The summed E-state index contributed by atoms with van der Waals surface area (Å²) in [5.74, 6) is -0.128. The van der Waals surface area contributed by atoms with E-state index in [1.54, 1.807) is 18.2 Å². The van der Waals surface area contributed by atoms with Crippen LogP contribution in [0.15, 0.2) is 66.0 Å². The second-order valence-electron chi connectivity index (χ2n) is 7.26. The summed E-state index contributed by atoms with van der Waals surface area (Å²) >= 11 is 7.42. The van der Waals surface area contributed by atoms with Crippen molar-refractivity contribution in [2.75, 3.05) is 10.6 Å². The number of halogens is 1. The second-order valence-corrected chi connectivity index (χ2v) is 8.64. The molecule has 1 fully saturated rings. The fraction of sp³-hybridized carbons (Fsp3) is 0.217. The largest absolute Gasteiger partial charge is 0.325 e. The minimum atomic E-state index is -0.517. The van der Waals surface area contributed by atoms with Gasteiger partial charge in [0.15, 0.2) is 0 Å². The van der Waals surface area contributed by atoms with Crippen molar-refractivity contribution >= 4 is 46.1 Å². The number of carbonyl (C=O) groups excluding carboxylic acids is 2. The zero-order chi connectivity index (χ0) is 20.3. The Balaban J connectivity index is 1.47. The molecule has 3 aromatic rings. The van der Waals surface area contributed by atoms with E-state index in [2.05, 4.69) is 10.6 Å². The normalized spacial score (nSPS) is 15.1. The Hall–Kier alpha value is -2.63. The highest BCUT2D eigenvalue weighted by molar-refractivity contribution is 7.12. The fourth-order valence-corrected chi connectivity index (χ4v) is 4.63. The third-order valence-electron chi connectivity index (χ3n) is 5.43. The molecular formula is C23H21ClN2O2S. The quantitative estimate of drug-likeness (QED) is 0.519. The first-order valence-electron chi connectivity index (χ1n) is 9.59. The highest BCUT2D eigenvalue weighted by Crippen LogP contribution is 2.42. The van der Waals surface area contributed by atoms with Crippen LogP contribution < -0.4 is 10.6 Å². The van der Waals surface area contributed by atoms with Crippen LogP contribution in [0.25, 0.3) is 0 Å². The van der Waals surface area contributed by atoms with E-state index < -0.39 is 5.41 Å². The van der Waals surface area contributed by atoms with Gasteiger partial charge in [0.25, 0.3) is 5.91 Å². The number of carbonyl (C=O) groups is 2. The van der Waals surface area contributed by atoms with E-state index in [1.165, 1.54) is 11.3 Å². The average Bonchev–Trinajstić information content (AvgIpc) is 3.43.